The predicted molar refractivity (Wildman–Crippen MR) is 104 cm³/mol. The lowest BCUT2D eigenvalue weighted by atomic mass is 10.1. The first-order valence-electron chi connectivity index (χ1n) is 8.90. The first-order valence-corrected chi connectivity index (χ1v) is 9.71. The molecule has 1 amide bonds. The molecule has 0 bridgehead atoms. The normalized spacial score (nSPS) is 12.4. The second-order valence-electron chi connectivity index (χ2n) is 6.35. The molecule has 0 aliphatic heterocycles. The molecular formula is C19H20N2O6S. The van der Waals surface area contributed by atoms with Crippen molar-refractivity contribution in [2.24, 2.45) is 0 Å². The minimum Gasteiger partial charge on any atom is -0.477 e. The number of fused-ring (bicyclic) bond motifs is 1. The van der Waals surface area contributed by atoms with E-state index >= 15 is 0 Å². The van der Waals surface area contributed by atoms with E-state index in [9.17, 15) is 19.7 Å². The number of anilines is 1. The molecule has 0 radical (unpaired) electrons. The van der Waals surface area contributed by atoms with Crippen molar-refractivity contribution in [1.82, 2.24) is 0 Å². The quantitative estimate of drug-likeness (QED) is 0.429. The van der Waals surface area contributed by atoms with E-state index in [4.69, 9.17) is 9.47 Å². The van der Waals surface area contributed by atoms with Crippen molar-refractivity contribution in [2.45, 2.75) is 33.1 Å². The van der Waals surface area contributed by atoms with Crippen LogP contribution in [0.25, 0.3) is 0 Å². The predicted octanol–water partition coefficient (Wildman–Crippen LogP) is 3.65. The van der Waals surface area contributed by atoms with Crippen LogP contribution in [-0.2, 0) is 22.4 Å². The van der Waals surface area contributed by atoms with E-state index in [-0.39, 0.29) is 18.0 Å². The number of esters is 1. The summed E-state index contributed by atoms with van der Waals surface area (Å²) in [7, 11) is 0. The number of nitrogens with one attached hydrogen (secondary N) is 1. The van der Waals surface area contributed by atoms with Crippen LogP contribution in [0.15, 0.2) is 18.2 Å². The Hall–Kier alpha value is -2.94. The van der Waals surface area contributed by atoms with Crippen LogP contribution in [0, 0.1) is 17.0 Å². The molecule has 1 aliphatic rings. The van der Waals surface area contributed by atoms with Crippen LogP contribution in [0.4, 0.5) is 10.7 Å². The molecule has 1 aromatic carbocycles. The van der Waals surface area contributed by atoms with Gasteiger partial charge in [0.15, 0.2) is 12.4 Å². The van der Waals surface area contributed by atoms with Crippen LogP contribution < -0.4 is 10.1 Å². The van der Waals surface area contributed by atoms with Gasteiger partial charge in [0.25, 0.3) is 5.91 Å². The molecule has 148 valence electrons. The number of rotatable bonds is 7. The van der Waals surface area contributed by atoms with Crippen molar-refractivity contribution < 1.29 is 24.0 Å². The number of amides is 1. The van der Waals surface area contributed by atoms with Gasteiger partial charge in [-0.25, -0.2) is 4.79 Å². The van der Waals surface area contributed by atoms with Crippen molar-refractivity contribution >= 4 is 33.9 Å². The third-order valence-electron chi connectivity index (χ3n) is 4.32. The monoisotopic (exact) mass is 404 g/mol. The fraction of sp³-hybridized carbons (Fsp3) is 0.368. The second kappa shape index (κ2) is 8.39. The number of hydrogen-bond donors (Lipinski definition) is 1. The SMILES string of the molecule is CCOC(=O)c1c(NC(=O)COc2ccc(C)cc2[N+](=O)[O-])sc2c1CCC2. The highest BCUT2D eigenvalue weighted by Crippen LogP contribution is 2.39. The molecule has 3 rings (SSSR count). The molecule has 1 heterocycles. The molecule has 0 spiro atoms. The van der Waals surface area contributed by atoms with Crippen LogP contribution in [0.2, 0.25) is 0 Å². The minimum atomic E-state index is -0.553. The summed E-state index contributed by atoms with van der Waals surface area (Å²) in [4.78, 5) is 36.3. The van der Waals surface area contributed by atoms with Crippen LogP contribution in [0.1, 0.15) is 39.7 Å². The molecule has 0 unspecified atom stereocenters. The van der Waals surface area contributed by atoms with E-state index in [2.05, 4.69) is 5.32 Å². The van der Waals surface area contributed by atoms with Crippen molar-refractivity contribution in [2.75, 3.05) is 18.5 Å². The zero-order chi connectivity index (χ0) is 20.3. The Morgan fingerprint density at radius 1 is 1.32 bits per heavy atom. The van der Waals surface area contributed by atoms with E-state index in [1.807, 2.05) is 0 Å². The summed E-state index contributed by atoms with van der Waals surface area (Å²) in [5.74, 6) is -0.933. The molecule has 1 aromatic heterocycles. The number of aryl methyl sites for hydroxylation is 2. The molecule has 9 heteroatoms. The number of thiophene rings is 1. The number of benzene rings is 1. The molecule has 0 saturated heterocycles. The molecule has 0 fully saturated rings. The summed E-state index contributed by atoms with van der Waals surface area (Å²) in [6, 6.07) is 4.52. The Kier molecular flexibility index (Phi) is 5.93. The van der Waals surface area contributed by atoms with Gasteiger partial charge >= 0.3 is 11.7 Å². The van der Waals surface area contributed by atoms with E-state index in [0.717, 1.165) is 35.3 Å². The Balaban J connectivity index is 1.73. The number of carbonyl (C=O) groups is 2. The van der Waals surface area contributed by atoms with Crippen molar-refractivity contribution in [3.8, 4) is 5.75 Å². The number of hydrogen-bond acceptors (Lipinski definition) is 7. The molecule has 0 atom stereocenters. The van der Waals surface area contributed by atoms with E-state index in [1.165, 1.54) is 23.5 Å². The van der Waals surface area contributed by atoms with Gasteiger partial charge in [-0.2, -0.15) is 0 Å². The smallest absolute Gasteiger partial charge is 0.341 e. The van der Waals surface area contributed by atoms with E-state index < -0.39 is 23.4 Å². The number of carbonyl (C=O) groups excluding carboxylic acids is 2. The molecule has 28 heavy (non-hydrogen) atoms. The lowest BCUT2D eigenvalue weighted by molar-refractivity contribution is -0.385. The first-order chi connectivity index (χ1) is 13.4. The Labute approximate surface area is 165 Å². The van der Waals surface area contributed by atoms with Gasteiger partial charge in [0.05, 0.1) is 17.1 Å². The average molecular weight is 404 g/mol. The standard InChI is InChI=1S/C19H20N2O6S/c1-3-26-19(23)17-12-5-4-6-15(12)28-18(17)20-16(22)10-27-14-8-7-11(2)9-13(14)21(24)25/h7-9H,3-6,10H2,1-2H3,(H,20,22). The van der Waals surface area contributed by atoms with Crippen LogP contribution in [-0.4, -0.2) is 30.0 Å². The van der Waals surface area contributed by atoms with Crippen LogP contribution in [0.5, 0.6) is 5.75 Å². The van der Waals surface area contributed by atoms with Gasteiger partial charge in [0.1, 0.15) is 5.00 Å². The average Bonchev–Trinajstić information content (AvgIpc) is 3.21. The summed E-state index contributed by atoms with van der Waals surface area (Å²) in [6.45, 7) is 3.30. The summed E-state index contributed by atoms with van der Waals surface area (Å²) in [5, 5.41) is 14.3. The zero-order valence-corrected chi connectivity index (χ0v) is 16.4. The van der Waals surface area contributed by atoms with Gasteiger partial charge in [0.2, 0.25) is 0 Å². The molecule has 8 nitrogen and oxygen atoms in total. The highest BCUT2D eigenvalue weighted by atomic mass is 32.1. The van der Waals surface area contributed by atoms with Crippen LogP contribution >= 0.6 is 11.3 Å². The Morgan fingerprint density at radius 2 is 2.11 bits per heavy atom. The number of ether oxygens (including phenoxy) is 2. The molecular weight excluding hydrogens is 384 g/mol. The van der Waals surface area contributed by atoms with Gasteiger partial charge in [-0.1, -0.05) is 6.07 Å². The van der Waals surface area contributed by atoms with E-state index in [0.29, 0.717) is 10.6 Å². The van der Waals surface area contributed by atoms with Gasteiger partial charge in [-0.05, 0) is 50.3 Å². The fourth-order valence-corrected chi connectivity index (χ4v) is 4.40. The van der Waals surface area contributed by atoms with Crippen LogP contribution in [0.3, 0.4) is 0 Å². The zero-order valence-electron chi connectivity index (χ0n) is 15.6. The lowest BCUT2D eigenvalue weighted by Crippen LogP contribution is -2.21. The Bertz CT molecular complexity index is 937. The summed E-state index contributed by atoms with van der Waals surface area (Å²) < 4.78 is 10.5. The molecule has 0 saturated carbocycles. The largest absolute Gasteiger partial charge is 0.477 e. The second-order valence-corrected chi connectivity index (χ2v) is 7.45. The number of nitrogens with zero attached hydrogens (tertiary/aromatic N) is 1. The third kappa shape index (κ3) is 4.14. The highest BCUT2D eigenvalue weighted by molar-refractivity contribution is 7.17. The minimum absolute atomic E-state index is 0.0186. The van der Waals surface area contributed by atoms with Crippen molar-refractivity contribution in [3.63, 3.8) is 0 Å². The maximum atomic E-state index is 12.3. The van der Waals surface area contributed by atoms with Crippen molar-refractivity contribution in [1.29, 1.82) is 0 Å². The van der Waals surface area contributed by atoms with Gasteiger partial charge < -0.3 is 14.8 Å². The van der Waals surface area contributed by atoms with Gasteiger partial charge in [0, 0.05) is 10.9 Å². The lowest BCUT2D eigenvalue weighted by Gasteiger charge is -2.09. The third-order valence-corrected chi connectivity index (χ3v) is 5.53. The van der Waals surface area contributed by atoms with E-state index in [1.54, 1.807) is 19.9 Å². The highest BCUT2D eigenvalue weighted by Gasteiger charge is 2.28. The summed E-state index contributed by atoms with van der Waals surface area (Å²) in [5.41, 5.74) is 1.87. The molecule has 1 N–H and O–H groups in total. The number of nitro benzene ring substituents is 1. The topological polar surface area (TPSA) is 108 Å². The Morgan fingerprint density at radius 3 is 2.82 bits per heavy atom. The molecule has 2 aromatic rings. The fourth-order valence-electron chi connectivity index (χ4n) is 3.11. The van der Waals surface area contributed by atoms with Crippen molar-refractivity contribution in [3.05, 3.63) is 49.9 Å². The number of nitro groups is 1. The van der Waals surface area contributed by atoms with Gasteiger partial charge in [-0.3, -0.25) is 14.9 Å². The summed E-state index contributed by atoms with van der Waals surface area (Å²) >= 11 is 1.37. The molecule has 1 aliphatic carbocycles. The maximum Gasteiger partial charge on any atom is 0.341 e. The maximum absolute atomic E-state index is 12.3. The summed E-state index contributed by atoms with van der Waals surface area (Å²) in [6.07, 6.45) is 2.62. The first kappa shape index (κ1) is 19.8. The van der Waals surface area contributed by atoms with Gasteiger partial charge in [-0.15, -0.1) is 11.3 Å².